The lowest BCUT2D eigenvalue weighted by molar-refractivity contribution is 0.704. The third-order valence-electron chi connectivity index (χ3n) is 3.00. The van der Waals surface area contributed by atoms with Crippen molar-refractivity contribution in [3.8, 4) is 0 Å². The van der Waals surface area contributed by atoms with Gasteiger partial charge in [0.2, 0.25) is 0 Å². The van der Waals surface area contributed by atoms with Gasteiger partial charge in [-0.05, 0) is 17.5 Å². The molecule has 17 heavy (non-hydrogen) atoms. The summed E-state index contributed by atoms with van der Waals surface area (Å²) in [5.41, 5.74) is 0.742. The first kappa shape index (κ1) is 11.6. The maximum absolute atomic E-state index is 12.1. The molecule has 0 radical (unpaired) electrons. The van der Waals surface area contributed by atoms with Crippen LogP contribution in [0.15, 0.2) is 21.9 Å². The van der Waals surface area contributed by atoms with Crippen molar-refractivity contribution in [3.63, 3.8) is 0 Å². The number of nitrogens with zero attached hydrogens (tertiary/aromatic N) is 3. The summed E-state index contributed by atoms with van der Waals surface area (Å²) >= 11 is 0. The molecule has 2 rings (SSSR count). The lowest BCUT2D eigenvalue weighted by Gasteiger charge is -2.11. The zero-order valence-corrected chi connectivity index (χ0v) is 10.4. The first-order valence-electron chi connectivity index (χ1n) is 5.49. The minimum absolute atomic E-state index is 0.214. The number of hydrogen-bond donors (Lipinski definition) is 0. The molecule has 0 aromatic carbocycles. The third-order valence-corrected chi connectivity index (χ3v) is 3.00. The summed E-state index contributed by atoms with van der Waals surface area (Å²) in [4.78, 5) is 28.0. The highest BCUT2D eigenvalue weighted by Crippen LogP contribution is 2.19. The SMILES string of the molecule is CC(C)c1ccnc2c1c(=O)n(C)c(=O)n2C. The Morgan fingerprint density at radius 3 is 2.41 bits per heavy atom. The molecule has 2 aromatic rings. The van der Waals surface area contributed by atoms with Crippen molar-refractivity contribution in [1.82, 2.24) is 14.1 Å². The molecule has 0 bridgehead atoms. The van der Waals surface area contributed by atoms with Gasteiger partial charge in [0.05, 0.1) is 5.39 Å². The lowest BCUT2D eigenvalue weighted by atomic mass is 10.0. The molecule has 5 nitrogen and oxygen atoms in total. The molecule has 0 aliphatic rings. The summed E-state index contributed by atoms with van der Waals surface area (Å²) in [5, 5.41) is 0.534. The fourth-order valence-electron chi connectivity index (χ4n) is 1.99. The summed E-state index contributed by atoms with van der Waals surface area (Å²) in [6.07, 6.45) is 1.64. The van der Waals surface area contributed by atoms with Gasteiger partial charge in [-0.3, -0.25) is 13.9 Å². The largest absolute Gasteiger partial charge is 0.332 e. The predicted molar refractivity (Wildman–Crippen MR) is 66.3 cm³/mol. The van der Waals surface area contributed by atoms with E-state index in [-0.39, 0.29) is 17.2 Å². The molecule has 0 aliphatic carbocycles. The Labute approximate surface area is 98.3 Å². The van der Waals surface area contributed by atoms with E-state index >= 15 is 0 Å². The molecule has 2 aromatic heterocycles. The molecule has 0 amide bonds. The Balaban J connectivity index is 3.12. The molecule has 0 saturated carbocycles. The van der Waals surface area contributed by atoms with Crippen LogP contribution in [0.4, 0.5) is 0 Å². The Morgan fingerprint density at radius 1 is 1.18 bits per heavy atom. The van der Waals surface area contributed by atoms with E-state index in [4.69, 9.17) is 0 Å². The van der Waals surface area contributed by atoms with E-state index in [1.165, 1.54) is 11.6 Å². The molecule has 0 spiro atoms. The number of aromatic nitrogens is 3. The second-order valence-electron chi connectivity index (χ2n) is 4.46. The minimum atomic E-state index is -0.351. The van der Waals surface area contributed by atoms with E-state index < -0.39 is 0 Å². The molecular formula is C12H15N3O2. The molecular weight excluding hydrogens is 218 g/mol. The molecule has 0 saturated heterocycles. The first-order valence-corrected chi connectivity index (χ1v) is 5.49. The number of fused-ring (bicyclic) bond motifs is 1. The molecule has 0 atom stereocenters. The standard InChI is InChI=1S/C12H15N3O2/c1-7(2)8-5-6-13-10-9(8)11(16)15(4)12(17)14(10)3/h5-7H,1-4H3. The maximum Gasteiger partial charge on any atom is 0.332 e. The topological polar surface area (TPSA) is 56.9 Å². The average Bonchev–Trinajstić information content (AvgIpc) is 2.32. The number of rotatable bonds is 1. The van der Waals surface area contributed by atoms with Crippen LogP contribution in [0.5, 0.6) is 0 Å². The van der Waals surface area contributed by atoms with Crippen LogP contribution in [0.2, 0.25) is 0 Å². The molecule has 5 heteroatoms. The Bertz CT molecular complexity index is 695. The van der Waals surface area contributed by atoms with Crippen molar-refractivity contribution in [2.75, 3.05) is 0 Å². The highest BCUT2D eigenvalue weighted by atomic mass is 16.2. The monoisotopic (exact) mass is 233 g/mol. The van der Waals surface area contributed by atoms with E-state index in [2.05, 4.69) is 4.98 Å². The summed E-state index contributed by atoms with van der Waals surface area (Å²) in [5.74, 6) is 0.214. The summed E-state index contributed by atoms with van der Waals surface area (Å²) in [6.45, 7) is 4.03. The van der Waals surface area contributed by atoms with Crippen LogP contribution in [-0.2, 0) is 14.1 Å². The number of hydrogen-bond acceptors (Lipinski definition) is 3. The highest BCUT2D eigenvalue weighted by molar-refractivity contribution is 5.78. The van der Waals surface area contributed by atoms with Gasteiger partial charge in [0.25, 0.3) is 5.56 Å². The van der Waals surface area contributed by atoms with E-state index in [0.29, 0.717) is 11.0 Å². The van der Waals surface area contributed by atoms with Gasteiger partial charge in [0.15, 0.2) is 0 Å². The normalized spacial score (nSPS) is 11.4. The van der Waals surface area contributed by atoms with Gasteiger partial charge in [-0.1, -0.05) is 13.8 Å². The lowest BCUT2D eigenvalue weighted by Crippen LogP contribution is -2.37. The fraction of sp³-hybridized carbons (Fsp3) is 0.417. The maximum atomic E-state index is 12.1. The van der Waals surface area contributed by atoms with Gasteiger partial charge < -0.3 is 0 Å². The Hall–Kier alpha value is -1.91. The molecule has 2 heterocycles. The van der Waals surface area contributed by atoms with Crippen LogP contribution in [0, 0.1) is 0 Å². The van der Waals surface area contributed by atoms with Gasteiger partial charge in [-0.2, -0.15) is 0 Å². The van der Waals surface area contributed by atoms with Crippen molar-refractivity contribution >= 4 is 11.0 Å². The summed E-state index contributed by atoms with van der Waals surface area (Å²) in [6, 6.07) is 1.83. The van der Waals surface area contributed by atoms with E-state index in [1.807, 2.05) is 19.9 Å². The van der Waals surface area contributed by atoms with Crippen molar-refractivity contribution in [2.45, 2.75) is 19.8 Å². The zero-order chi connectivity index (χ0) is 12.7. The van der Waals surface area contributed by atoms with Gasteiger partial charge in [-0.15, -0.1) is 0 Å². The molecule has 0 N–H and O–H groups in total. The van der Waals surface area contributed by atoms with Crippen LogP contribution in [0.3, 0.4) is 0 Å². The van der Waals surface area contributed by atoms with Crippen LogP contribution in [0.25, 0.3) is 11.0 Å². The van der Waals surface area contributed by atoms with E-state index in [0.717, 1.165) is 10.1 Å². The molecule has 0 fully saturated rings. The van der Waals surface area contributed by atoms with Crippen molar-refractivity contribution in [3.05, 3.63) is 38.7 Å². The second-order valence-corrected chi connectivity index (χ2v) is 4.46. The second kappa shape index (κ2) is 3.84. The molecule has 0 aliphatic heterocycles. The van der Waals surface area contributed by atoms with Crippen molar-refractivity contribution in [2.24, 2.45) is 14.1 Å². The minimum Gasteiger partial charge on any atom is -0.280 e. The summed E-state index contributed by atoms with van der Waals surface area (Å²) < 4.78 is 2.53. The Kier molecular flexibility index (Phi) is 2.61. The third kappa shape index (κ3) is 1.58. The average molecular weight is 233 g/mol. The van der Waals surface area contributed by atoms with Crippen molar-refractivity contribution < 1.29 is 0 Å². The first-order chi connectivity index (χ1) is 7.95. The van der Waals surface area contributed by atoms with E-state index in [1.54, 1.807) is 13.2 Å². The highest BCUT2D eigenvalue weighted by Gasteiger charge is 2.14. The Morgan fingerprint density at radius 2 is 1.82 bits per heavy atom. The summed E-state index contributed by atoms with van der Waals surface area (Å²) in [7, 11) is 3.11. The molecule has 0 unspecified atom stereocenters. The quantitative estimate of drug-likeness (QED) is 0.730. The van der Waals surface area contributed by atoms with Gasteiger partial charge in [0.1, 0.15) is 5.65 Å². The van der Waals surface area contributed by atoms with Gasteiger partial charge in [-0.25, -0.2) is 9.78 Å². The van der Waals surface area contributed by atoms with Crippen LogP contribution in [0.1, 0.15) is 25.3 Å². The van der Waals surface area contributed by atoms with Crippen LogP contribution < -0.4 is 11.2 Å². The zero-order valence-electron chi connectivity index (χ0n) is 10.4. The van der Waals surface area contributed by atoms with Gasteiger partial charge in [0, 0.05) is 20.3 Å². The van der Waals surface area contributed by atoms with Gasteiger partial charge >= 0.3 is 5.69 Å². The smallest absolute Gasteiger partial charge is 0.280 e. The van der Waals surface area contributed by atoms with Crippen LogP contribution in [-0.4, -0.2) is 14.1 Å². The fourth-order valence-corrected chi connectivity index (χ4v) is 1.99. The van der Waals surface area contributed by atoms with E-state index in [9.17, 15) is 9.59 Å². The number of pyridine rings is 1. The van der Waals surface area contributed by atoms with Crippen LogP contribution >= 0.6 is 0 Å². The predicted octanol–water partition coefficient (Wildman–Crippen LogP) is 0.756. The molecule has 90 valence electrons. The number of aryl methyl sites for hydroxylation is 1. The van der Waals surface area contributed by atoms with Crippen molar-refractivity contribution in [1.29, 1.82) is 0 Å².